The van der Waals surface area contributed by atoms with Gasteiger partial charge in [0.15, 0.2) is 11.6 Å². The highest BCUT2D eigenvalue weighted by molar-refractivity contribution is 5.77. The van der Waals surface area contributed by atoms with Gasteiger partial charge in [0.05, 0.1) is 12.8 Å². The van der Waals surface area contributed by atoms with Crippen LogP contribution in [0.15, 0.2) is 42.7 Å². The highest BCUT2D eigenvalue weighted by atomic mass is 19.2. The number of nitrogens with one attached hydrogen (secondary N) is 2. The van der Waals surface area contributed by atoms with Gasteiger partial charge in [-0.1, -0.05) is 19.9 Å². The van der Waals surface area contributed by atoms with Gasteiger partial charge in [-0.3, -0.25) is 0 Å². The van der Waals surface area contributed by atoms with Crippen LogP contribution in [0.5, 0.6) is 5.75 Å². The Bertz CT molecular complexity index is 1450. The average Bonchev–Trinajstić information content (AvgIpc) is 3.40. The molecule has 0 saturated carbocycles. The van der Waals surface area contributed by atoms with Crippen LogP contribution in [0.1, 0.15) is 25.2 Å². The number of ether oxygens (including phenoxy) is 1. The molecule has 0 fully saturated rings. The van der Waals surface area contributed by atoms with E-state index < -0.39 is 17.0 Å². The first-order valence-electron chi connectivity index (χ1n) is 11.4. The Kier molecular flexibility index (Phi) is 5.70. The highest BCUT2D eigenvalue weighted by Crippen LogP contribution is 2.47. The summed E-state index contributed by atoms with van der Waals surface area (Å²) in [5.41, 5.74) is 1.95. The van der Waals surface area contributed by atoms with Gasteiger partial charge in [0.1, 0.15) is 35.2 Å². The summed E-state index contributed by atoms with van der Waals surface area (Å²) < 4.78 is 36.0. The smallest absolute Gasteiger partial charge is 0.231 e. The Morgan fingerprint density at radius 1 is 1.08 bits per heavy atom. The number of nitrogens with zero attached hydrogens (tertiary/aromatic N) is 6. The van der Waals surface area contributed by atoms with Crippen molar-refractivity contribution in [1.82, 2.24) is 24.7 Å². The molecule has 4 aromatic rings. The van der Waals surface area contributed by atoms with E-state index in [4.69, 9.17) is 9.72 Å². The number of fused-ring (bicyclic) bond motifs is 1. The van der Waals surface area contributed by atoms with Gasteiger partial charge < -0.3 is 20.3 Å². The summed E-state index contributed by atoms with van der Waals surface area (Å²) >= 11 is 0. The molecule has 0 spiro atoms. The van der Waals surface area contributed by atoms with Crippen molar-refractivity contribution in [2.45, 2.75) is 26.2 Å². The lowest BCUT2D eigenvalue weighted by Gasteiger charge is -2.22. The third-order valence-corrected chi connectivity index (χ3v) is 6.12. The third kappa shape index (κ3) is 3.96. The summed E-state index contributed by atoms with van der Waals surface area (Å²) in [7, 11) is 3.34. The molecular formula is C25H26F2N8O. The molecule has 2 aromatic heterocycles. The number of hydrogen-bond acceptors (Lipinski definition) is 8. The van der Waals surface area contributed by atoms with Gasteiger partial charge in [-0.2, -0.15) is 15.1 Å². The first kappa shape index (κ1) is 23.5. The van der Waals surface area contributed by atoms with Crippen molar-refractivity contribution in [3.8, 4) is 11.4 Å². The zero-order valence-electron chi connectivity index (χ0n) is 20.6. The lowest BCUT2D eigenvalue weighted by molar-refractivity contribution is 0.412. The van der Waals surface area contributed by atoms with E-state index in [-0.39, 0.29) is 5.69 Å². The van der Waals surface area contributed by atoms with Crippen LogP contribution in [0, 0.1) is 18.6 Å². The van der Waals surface area contributed by atoms with E-state index in [1.54, 1.807) is 42.2 Å². The predicted molar refractivity (Wildman–Crippen MR) is 134 cm³/mol. The zero-order chi connectivity index (χ0) is 25.6. The maximum atomic E-state index is 14.8. The standard InChI is InChI=1S/C25H26F2N8O/c1-14-29-13-35(33-14)17-10-9-15(11-19(17)36-5)30-24-31-22(28-4)20-23(32-24)34(12-25(20,2)3)18-8-6-7-16(26)21(18)27/h6-11,13H,12H2,1-5H3,(H2,28,30,31,32). The van der Waals surface area contributed by atoms with E-state index in [1.165, 1.54) is 6.07 Å². The van der Waals surface area contributed by atoms with Crippen LogP contribution in [0.25, 0.3) is 5.69 Å². The van der Waals surface area contributed by atoms with E-state index in [0.29, 0.717) is 41.4 Å². The van der Waals surface area contributed by atoms with Crippen LogP contribution in [0.3, 0.4) is 0 Å². The Hall–Kier alpha value is -4.28. The molecule has 0 aliphatic carbocycles. The summed E-state index contributed by atoms with van der Waals surface area (Å²) in [5.74, 6) is 0.807. The number of aromatic nitrogens is 5. The van der Waals surface area contributed by atoms with Crippen LogP contribution in [0.4, 0.5) is 37.7 Å². The van der Waals surface area contributed by atoms with Gasteiger partial charge in [-0.25, -0.2) is 18.4 Å². The molecule has 0 saturated heterocycles. The second-order valence-corrected chi connectivity index (χ2v) is 9.14. The Morgan fingerprint density at radius 2 is 1.89 bits per heavy atom. The van der Waals surface area contributed by atoms with E-state index in [0.717, 1.165) is 17.3 Å². The van der Waals surface area contributed by atoms with Crippen molar-refractivity contribution in [3.63, 3.8) is 0 Å². The largest absolute Gasteiger partial charge is 0.494 e. The van der Waals surface area contributed by atoms with E-state index in [1.807, 2.05) is 32.9 Å². The molecule has 3 heterocycles. The fourth-order valence-electron chi connectivity index (χ4n) is 4.49. The number of rotatable bonds is 6. The Balaban J connectivity index is 1.56. The Labute approximate surface area is 207 Å². The number of hydrogen-bond donors (Lipinski definition) is 2. The third-order valence-electron chi connectivity index (χ3n) is 6.12. The van der Waals surface area contributed by atoms with E-state index in [2.05, 4.69) is 25.7 Å². The summed E-state index contributed by atoms with van der Waals surface area (Å²) in [4.78, 5) is 15.2. The number of anilines is 5. The van der Waals surface area contributed by atoms with Crippen LogP contribution in [0.2, 0.25) is 0 Å². The van der Waals surface area contributed by atoms with Gasteiger partial charge >= 0.3 is 0 Å². The normalized spacial score (nSPS) is 14.0. The van der Waals surface area contributed by atoms with Crippen LogP contribution in [-0.4, -0.2) is 45.4 Å². The van der Waals surface area contributed by atoms with Gasteiger partial charge in [0, 0.05) is 36.3 Å². The quantitative estimate of drug-likeness (QED) is 0.394. The molecule has 0 bridgehead atoms. The highest BCUT2D eigenvalue weighted by Gasteiger charge is 2.41. The number of methoxy groups -OCH3 is 1. The van der Waals surface area contributed by atoms with E-state index in [9.17, 15) is 8.78 Å². The molecule has 9 nitrogen and oxygen atoms in total. The molecule has 36 heavy (non-hydrogen) atoms. The topological polar surface area (TPSA) is 93.0 Å². The molecule has 1 aliphatic rings. The predicted octanol–water partition coefficient (Wildman–Crippen LogP) is 4.87. The van der Waals surface area contributed by atoms with Gasteiger partial charge in [0.2, 0.25) is 5.95 Å². The fraction of sp³-hybridized carbons (Fsp3) is 0.280. The van der Waals surface area contributed by atoms with Gasteiger partial charge in [0.25, 0.3) is 0 Å². The lowest BCUT2D eigenvalue weighted by atomic mass is 9.88. The van der Waals surface area contributed by atoms with Gasteiger partial charge in [-0.15, -0.1) is 0 Å². The number of halogens is 2. The minimum Gasteiger partial charge on any atom is -0.494 e. The van der Waals surface area contributed by atoms with Crippen molar-refractivity contribution in [1.29, 1.82) is 0 Å². The molecule has 0 radical (unpaired) electrons. The number of aryl methyl sites for hydroxylation is 1. The molecule has 2 aromatic carbocycles. The summed E-state index contributed by atoms with van der Waals surface area (Å²) in [6, 6.07) is 9.63. The summed E-state index contributed by atoms with van der Waals surface area (Å²) in [6.07, 6.45) is 1.62. The molecule has 186 valence electrons. The molecule has 5 rings (SSSR count). The molecule has 1 aliphatic heterocycles. The maximum absolute atomic E-state index is 14.8. The van der Waals surface area contributed by atoms with Gasteiger partial charge in [-0.05, 0) is 31.2 Å². The van der Waals surface area contributed by atoms with Crippen LogP contribution in [-0.2, 0) is 5.41 Å². The molecule has 2 N–H and O–H groups in total. The van der Waals surface area contributed by atoms with Crippen molar-refractivity contribution in [2.24, 2.45) is 0 Å². The average molecular weight is 493 g/mol. The SMILES string of the molecule is CNc1nc(Nc2ccc(-n3cnc(C)n3)c(OC)c2)nc2c1C(C)(C)CN2c1cccc(F)c1F. The summed E-state index contributed by atoms with van der Waals surface area (Å²) in [5, 5.41) is 10.7. The van der Waals surface area contributed by atoms with Crippen molar-refractivity contribution < 1.29 is 13.5 Å². The monoisotopic (exact) mass is 492 g/mol. The van der Waals surface area contributed by atoms with Crippen molar-refractivity contribution >= 4 is 29.0 Å². The fourth-order valence-corrected chi connectivity index (χ4v) is 4.49. The van der Waals surface area contributed by atoms with Crippen LogP contribution < -0.4 is 20.3 Å². The van der Waals surface area contributed by atoms with E-state index >= 15 is 0 Å². The number of benzene rings is 2. The lowest BCUT2D eigenvalue weighted by Crippen LogP contribution is -2.26. The van der Waals surface area contributed by atoms with Crippen molar-refractivity contribution in [3.05, 3.63) is 65.7 Å². The molecule has 0 unspecified atom stereocenters. The Morgan fingerprint density at radius 3 is 2.58 bits per heavy atom. The molecule has 11 heteroatoms. The first-order valence-corrected chi connectivity index (χ1v) is 11.4. The van der Waals surface area contributed by atoms with Crippen LogP contribution >= 0.6 is 0 Å². The minimum atomic E-state index is -0.913. The molecular weight excluding hydrogens is 466 g/mol. The first-order chi connectivity index (χ1) is 17.2. The summed E-state index contributed by atoms with van der Waals surface area (Å²) in [6.45, 7) is 6.27. The van der Waals surface area contributed by atoms with Crippen molar-refractivity contribution in [2.75, 3.05) is 36.2 Å². The molecule has 0 atom stereocenters. The second-order valence-electron chi connectivity index (χ2n) is 9.14. The minimum absolute atomic E-state index is 0.127. The molecule has 0 amide bonds. The maximum Gasteiger partial charge on any atom is 0.231 e. The second kappa shape index (κ2) is 8.74. The zero-order valence-corrected chi connectivity index (χ0v) is 20.6.